The number of piperidine rings is 1. The second kappa shape index (κ2) is 13.0. The maximum atomic E-state index is 12.4. The van der Waals surface area contributed by atoms with Gasteiger partial charge >= 0.3 is 0 Å². The van der Waals surface area contributed by atoms with Crippen LogP contribution in [0.4, 0.5) is 5.69 Å². The normalized spacial score (nSPS) is 17.1. The van der Waals surface area contributed by atoms with E-state index in [9.17, 15) is 9.59 Å². The molecule has 2 aromatic rings. The summed E-state index contributed by atoms with van der Waals surface area (Å²) < 4.78 is 8.84. The molecule has 2 N–H and O–H groups in total. The van der Waals surface area contributed by atoms with Gasteiger partial charge in [0.2, 0.25) is 0 Å². The Morgan fingerprint density at radius 1 is 1.12 bits per heavy atom. The first-order valence-corrected chi connectivity index (χ1v) is 12.5. The molecule has 1 aromatic carbocycles. The van der Waals surface area contributed by atoms with Crippen molar-refractivity contribution in [3.8, 4) is 0 Å². The Labute approximate surface area is 204 Å². The van der Waals surface area contributed by atoms with Gasteiger partial charge in [0.05, 0.1) is 17.9 Å². The predicted octanol–water partition coefficient (Wildman–Crippen LogP) is 3.83. The number of halogens is 1. The molecule has 3 heterocycles. The molecule has 180 valence electrons. The molecule has 2 aliphatic rings. The summed E-state index contributed by atoms with van der Waals surface area (Å²) in [6.45, 7) is 3.68. The number of hydrogen-bond donors (Lipinski definition) is 2. The Kier molecular flexibility index (Phi) is 10.1. The topological polar surface area (TPSA) is 88.5 Å². The number of nitrogens with one attached hydrogen (secondary N) is 2. The molecule has 2 aliphatic heterocycles. The van der Waals surface area contributed by atoms with E-state index in [4.69, 9.17) is 16.3 Å². The number of nitrogens with zero attached hydrogens (tertiary/aromatic N) is 3. The zero-order valence-electron chi connectivity index (χ0n) is 19.2. The van der Waals surface area contributed by atoms with E-state index >= 15 is 0 Å². The molecule has 2 saturated heterocycles. The first-order valence-electron chi connectivity index (χ1n) is 11.3. The smallest absolute Gasteiger partial charge is 0.287 e. The molecule has 0 bridgehead atoms. The Hall–Kier alpha value is -2.07. The third kappa shape index (κ3) is 7.20. The van der Waals surface area contributed by atoms with Crippen molar-refractivity contribution in [2.45, 2.75) is 43.0 Å². The van der Waals surface area contributed by atoms with Crippen LogP contribution in [0.3, 0.4) is 0 Å². The molecule has 0 spiro atoms. The second-order valence-corrected chi connectivity index (χ2v) is 9.45. The van der Waals surface area contributed by atoms with Crippen molar-refractivity contribution in [1.82, 2.24) is 19.4 Å². The van der Waals surface area contributed by atoms with Crippen LogP contribution in [0, 0.1) is 0 Å². The molecule has 0 saturated carbocycles. The van der Waals surface area contributed by atoms with Crippen molar-refractivity contribution in [3.63, 3.8) is 0 Å². The molecule has 10 heteroatoms. The number of aromatic nitrogens is 2. The van der Waals surface area contributed by atoms with E-state index in [1.165, 1.54) is 23.9 Å². The first-order chi connectivity index (χ1) is 16.0. The van der Waals surface area contributed by atoms with E-state index in [0.717, 1.165) is 44.0 Å². The van der Waals surface area contributed by atoms with Gasteiger partial charge in [-0.15, -0.1) is 0 Å². The van der Waals surface area contributed by atoms with E-state index in [2.05, 4.69) is 20.0 Å². The van der Waals surface area contributed by atoms with Gasteiger partial charge in [0.15, 0.2) is 0 Å². The van der Waals surface area contributed by atoms with Crippen LogP contribution < -0.4 is 16.2 Å². The zero-order chi connectivity index (χ0) is 23.6. The fourth-order valence-corrected chi connectivity index (χ4v) is 4.88. The van der Waals surface area contributed by atoms with Crippen LogP contribution in [0.5, 0.6) is 0 Å². The summed E-state index contributed by atoms with van der Waals surface area (Å²) in [5, 5.41) is 9.94. The van der Waals surface area contributed by atoms with Gasteiger partial charge in [0.1, 0.15) is 5.02 Å². The Morgan fingerprint density at radius 3 is 2.30 bits per heavy atom. The van der Waals surface area contributed by atoms with Gasteiger partial charge in [0.25, 0.3) is 11.5 Å². The van der Waals surface area contributed by atoms with Gasteiger partial charge < -0.3 is 15.4 Å². The summed E-state index contributed by atoms with van der Waals surface area (Å²) in [6, 6.07) is 7.59. The highest BCUT2D eigenvalue weighted by Gasteiger charge is 2.24. The Balaban J connectivity index is 0.000000442. The second-order valence-electron chi connectivity index (χ2n) is 7.90. The summed E-state index contributed by atoms with van der Waals surface area (Å²) in [6.07, 6.45) is 7.18. The minimum absolute atomic E-state index is 0.0494. The lowest BCUT2D eigenvalue weighted by Crippen LogP contribution is -2.36. The summed E-state index contributed by atoms with van der Waals surface area (Å²) in [5.74, 6) is -0.0896. The lowest BCUT2D eigenvalue weighted by Gasteiger charge is -2.31. The minimum atomic E-state index is -0.251. The zero-order valence-corrected chi connectivity index (χ0v) is 20.8. The number of carbonyl (C=O) groups is 1. The van der Waals surface area contributed by atoms with Gasteiger partial charge in [0, 0.05) is 50.9 Å². The third-order valence-corrected chi connectivity index (χ3v) is 7.11. The molecule has 1 aromatic heterocycles. The van der Waals surface area contributed by atoms with E-state index in [1.54, 1.807) is 32.2 Å². The molecule has 4 rings (SSSR count). The fraction of sp³-hybridized carbons (Fsp3) is 0.522. The quantitative estimate of drug-likeness (QED) is 0.612. The van der Waals surface area contributed by atoms with E-state index in [-0.39, 0.29) is 22.5 Å². The predicted molar refractivity (Wildman–Crippen MR) is 133 cm³/mol. The minimum Gasteiger partial charge on any atom is -0.385 e. The third-order valence-electron chi connectivity index (χ3n) is 5.64. The lowest BCUT2D eigenvalue weighted by molar-refractivity contribution is 0.0962. The number of carbonyl (C=O) groups excluding carboxylic acids is 1. The average molecular weight is 494 g/mol. The standard InChI is InChI=1S/C18H22ClN5O2S.C5H10O/c1-20-15-11-22-24(18(26)16(15)19)13-7-9-23(10-8-13)27-14-5-3-12(4-6-14)17(25)21-2;1-2-4-6-5-3-1/h3-6,11,13,20H,7-10H2,1-2H3,(H,21,25);1-5H2. The van der Waals surface area contributed by atoms with Gasteiger partial charge in [-0.05, 0) is 68.3 Å². The molecule has 0 radical (unpaired) electrons. The summed E-state index contributed by atoms with van der Waals surface area (Å²) in [7, 11) is 3.33. The Morgan fingerprint density at radius 2 is 1.79 bits per heavy atom. The van der Waals surface area contributed by atoms with Gasteiger partial charge in [-0.1, -0.05) is 11.6 Å². The van der Waals surface area contributed by atoms with Crippen molar-refractivity contribution >= 4 is 35.1 Å². The number of rotatable bonds is 5. The summed E-state index contributed by atoms with van der Waals surface area (Å²) >= 11 is 7.78. The SMILES string of the molecule is C1CCOCC1.CNC(=O)c1ccc(SN2CCC(n3ncc(NC)c(Cl)c3=O)CC2)cc1. The van der Waals surface area contributed by atoms with E-state index in [0.29, 0.717) is 11.3 Å². The highest BCUT2D eigenvalue weighted by molar-refractivity contribution is 7.97. The summed E-state index contributed by atoms with van der Waals surface area (Å²) in [4.78, 5) is 25.1. The number of anilines is 1. The van der Waals surface area contributed by atoms with Crippen LogP contribution in [-0.2, 0) is 4.74 Å². The van der Waals surface area contributed by atoms with Crippen molar-refractivity contribution in [1.29, 1.82) is 0 Å². The monoisotopic (exact) mass is 493 g/mol. The van der Waals surface area contributed by atoms with Crippen molar-refractivity contribution < 1.29 is 9.53 Å². The molecule has 0 atom stereocenters. The number of amides is 1. The molecule has 2 fully saturated rings. The molecule has 0 aliphatic carbocycles. The van der Waals surface area contributed by atoms with Crippen molar-refractivity contribution in [2.75, 3.05) is 45.7 Å². The van der Waals surface area contributed by atoms with E-state index in [1.807, 2.05) is 24.3 Å². The highest BCUT2D eigenvalue weighted by atomic mass is 35.5. The fourth-order valence-electron chi connectivity index (χ4n) is 3.70. The first kappa shape index (κ1) is 25.6. The van der Waals surface area contributed by atoms with E-state index < -0.39 is 0 Å². The molecular formula is C23H32ClN5O3S. The van der Waals surface area contributed by atoms with Crippen LogP contribution in [-0.4, -0.2) is 60.4 Å². The van der Waals surface area contributed by atoms with Crippen LogP contribution in [0.25, 0.3) is 0 Å². The van der Waals surface area contributed by atoms with Gasteiger partial charge in [-0.3, -0.25) is 9.59 Å². The summed E-state index contributed by atoms with van der Waals surface area (Å²) in [5.41, 5.74) is 0.943. The number of ether oxygens (including phenoxy) is 1. The van der Waals surface area contributed by atoms with Crippen LogP contribution in [0.1, 0.15) is 48.5 Å². The largest absolute Gasteiger partial charge is 0.385 e. The molecule has 33 heavy (non-hydrogen) atoms. The van der Waals surface area contributed by atoms with Gasteiger partial charge in [-0.25, -0.2) is 8.99 Å². The van der Waals surface area contributed by atoms with Crippen LogP contribution in [0.2, 0.25) is 5.02 Å². The van der Waals surface area contributed by atoms with Crippen molar-refractivity contribution in [3.05, 3.63) is 51.4 Å². The number of benzene rings is 1. The molecular weight excluding hydrogens is 462 g/mol. The maximum Gasteiger partial charge on any atom is 0.287 e. The Bertz CT molecular complexity index is 946. The average Bonchev–Trinajstić information content (AvgIpc) is 2.88. The lowest BCUT2D eigenvalue weighted by atomic mass is 10.1. The van der Waals surface area contributed by atoms with Crippen LogP contribution in [0.15, 0.2) is 40.2 Å². The molecule has 0 unspecified atom stereocenters. The maximum absolute atomic E-state index is 12.4. The highest BCUT2D eigenvalue weighted by Crippen LogP contribution is 2.30. The number of hydrogen-bond acceptors (Lipinski definition) is 7. The molecule has 1 amide bonds. The van der Waals surface area contributed by atoms with Crippen LogP contribution >= 0.6 is 23.5 Å². The molecule has 8 nitrogen and oxygen atoms in total. The van der Waals surface area contributed by atoms with Gasteiger partial charge in [-0.2, -0.15) is 5.10 Å². The van der Waals surface area contributed by atoms with Crippen molar-refractivity contribution in [2.24, 2.45) is 0 Å².